The molecule has 8 nitrogen and oxygen atoms in total. The molecule has 0 amide bonds. The first-order valence-electron chi connectivity index (χ1n) is 7.23. The number of hydrogen-bond acceptors (Lipinski definition) is 8. The zero-order valence-electron chi connectivity index (χ0n) is 13.4. The highest BCUT2D eigenvalue weighted by atomic mass is 16.4. The van der Waals surface area contributed by atoms with Crippen molar-refractivity contribution < 1.29 is 39.6 Å². The highest BCUT2D eigenvalue weighted by Gasteiger charge is 2.04. The summed E-state index contributed by atoms with van der Waals surface area (Å²) in [5.41, 5.74) is 1.07. The lowest BCUT2D eigenvalue weighted by Gasteiger charge is -2.01. The van der Waals surface area contributed by atoms with E-state index in [2.05, 4.69) is 0 Å². The first-order valence-corrected chi connectivity index (χ1v) is 7.23. The lowest BCUT2D eigenvalue weighted by Crippen LogP contribution is -2.32. The third-order valence-corrected chi connectivity index (χ3v) is 3.06. The Morgan fingerprint density at radius 3 is 1.12 bits per heavy atom. The van der Waals surface area contributed by atoms with Gasteiger partial charge >= 0.3 is 0 Å². The molecule has 0 spiro atoms. The minimum atomic E-state index is -1.69. The number of rotatable bonds is 6. The predicted octanol–water partition coefficient (Wildman–Crippen LogP) is -1.49. The summed E-state index contributed by atoms with van der Waals surface area (Å²) in [4.78, 5) is 41.5. The number of phenols is 2. The van der Waals surface area contributed by atoms with Gasteiger partial charge in [0.15, 0.2) is 11.6 Å². The monoisotopic (exact) mass is 358 g/mol. The van der Waals surface area contributed by atoms with E-state index < -0.39 is 23.5 Å². The van der Waals surface area contributed by atoms with Crippen LogP contribution in [0.25, 0.3) is 0 Å². The van der Waals surface area contributed by atoms with E-state index in [1.54, 1.807) is 0 Å². The predicted molar refractivity (Wildman–Crippen MR) is 83.6 cm³/mol. The second-order valence-electron chi connectivity index (χ2n) is 5.11. The van der Waals surface area contributed by atoms with Crippen molar-refractivity contribution in [3.05, 3.63) is 59.7 Å². The molecule has 0 aliphatic carbocycles. The van der Waals surface area contributed by atoms with E-state index in [1.165, 1.54) is 48.5 Å². The van der Waals surface area contributed by atoms with Crippen LogP contribution in [0.3, 0.4) is 0 Å². The summed E-state index contributed by atoms with van der Waals surface area (Å²) >= 11 is 0. The number of aromatic hydroxyl groups is 2. The van der Waals surface area contributed by atoms with E-state index in [0.717, 1.165) is 0 Å². The Kier molecular flexibility index (Phi) is 7.50. The van der Waals surface area contributed by atoms with Crippen molar-refractivity contribution in [1.29, 1.82) is 0 Å². The molecule has 0 unspecified atom stereocenters. The number of carbonyl (C=O) groups is 4. The smallest absolute Gasteiger partial charge is 0.182 e. The quantitative estimate of drug-likeness (QED) is 0.592. The maximum absolute atomic E-state index is 10.7. The molecule has 0 aromatic heterocycles. The maximum atomic E-state index is 10.7. The normalized spacial score (nSPS) is 9.54. The summed E-state index contributed by atoms with van der Waals surface area (Å²) in [6.07, 6.45) is -0.411. The molecule has 2 rings (SSSR count). The molecule has 8 heteroatoms. The molecule has 0 saturated carbocycles. The van der Waals surface area contributed by atoms with Crippen LogP contribution in [0.2, 0.25) is 0 Å². The van der Waals surface area contributed by atoms with E-state index in [-0.39, 0.29) is 24.3 Å². The molecule has 2 aromatic carbocycles. The zero-order valence-corrected chi connectivity index (χ0v) is 13.4. The molecule has 0 heterocycles. The van der Waals surface area contributed by atoms with Gasteiger partial charge in [-0.05, 0) is 35.4 Å². The van der Waals surface area contributed by atoms with Gasteiger partial charge in [0.2, 0.25) is 0 Å². The van der Waals surface area contributed by atoms with Crippen molar-refractivity contribution in [2.45, 2.75) is 12.8 Å². The van der Waals surface area contributed by atoms with Crippen molar-refractivity contribution >= 4 is 23.5 Å². The Morgan fingerprint density at radius 1 is 0.615 bits per heavy atom. The molecule has 0 bridgehead atoms. The molecule has 0 atom stereocenters. The number of phenolic OH excluding ortho intramolecular Hbond substituents is 2. The lowest BCUT2D eigenvalue weighted by atomic mass is 10.1. The van der Waals surface area contributed by atoms with Crippen LogP contribution in [0.4, 0.5) is 0 Å². The third kappa shape index (κ3) is 7.26. The molecular formula is C18H14O8-2. The van der Waals surface area contributed by atoms with Gasteiger partial charge in [0.1, 0.15) is 23.4 Å². The number of carboxylic acids is 2. The van der Waals surface area contributed by atoms with Crippen molar-refractivity contribution in [1.82, 2.24) is 0 Å². The maximum Gasteiger partial charge on any atom is 0.182 e. The van der Waals surface area contributed by atoms with Crippen LogP contribution < -0.4 is 10.2 Å². The van der Waals surface area contributed by atoms with Gasteiger partial charge < -0.3 is 30.0 Å². The second-order valence-corrected chi connectivity index (χ2v) is 5.11. The molecule has 26 heavy (non-hydrogen) atoms. The number of carboxylic acid groups (broad SMARTS) is 2. The van der Waals surface area contributed by atoms with Crippen molar-refractivity contribution in [3.8, 4) is 11.5 Å². The van der Waals surface area contributed by atoms with Gasteiger partial charge in [0.05, 0.1) is 0 Å². The van der Waals surface area contributed by atoms with Crippen LogP contribution in [0, 0.1) is 0 Å². The van der Waals surface area contributed by atoms with Crippen LogP contribution in [-0.4, -0.2) is 33.7 Å². The van der Waals surface area contributed by atoms with Gasteiger partial charge in [-0.2, -0.15) is 0 Å². The van der Waals surface area contributed by atoms with Crippen LogP contribution in [0.15, 0.2) is 48.5 Å². The summed E-state index contributed by atoms with van der Waals surface area (Å²) < 4.78 is 0. The van der Waals surface area contributed by atoms with E-state index >= 15 is 0 Å². The summed E-state index contributed by atoms with van der Waals surface area (Å²) in [6.45, 7) is 0. The van der Waals surface area contributed by atoms with Crippen LogP contribution in [-0.2, 0) is 32.0 Å². The summed E-state index contributed by atoms with van der Waals surface area (Å²) in [6, 6.07) is 11.5. The Labute approximate surface area is 148 Å². The largest absolute Gasteiger partial charge is 0.542 e. The van der Waals surface area contributed by atoms with Crippen LogP contribution in [0.5, 0.6) is 11.5 Å². The van der Waals surface area contributed by atoms with Crippen LogP contribution >= 0.6 is 0 Å². The van der Waals surface area contributed by atoms with Crippen molar-refractivity contribution in [2.75, 3.05) is 0 Å². The van der Waals surface area contributed by atoms with E-state index in [9.17, 15) is 29.4 Å². The summed E-state index contributed by atoms with van der Waals surface area (Å²) in [5.74, 6) is -5.16. The Bertz CT molecular complexity index is 721. The third-order valence-electron chi connectivity index (χ3n) is 3.06. The van der Waals surface area contributed by atoms with Crippen molar-refractivity contribution in [2.24, 2.45) is 0 Å². The van der Waals surface area contributed by atoms with E-state index in [4.69, 9.17) is 10.2 Å². The Balaban J connectivity index is 0.000000260. The van der Waals surface area contributed by atoms with E-state index in [0.29, 0.717) is 11.1 Å². The molecule has 0 fully saturated rings. The van der Waals surface area contributed by atoms with Gasteiger partial charge in [-0.25, -0.2) is 0 Å². The van der Waals surface area contributed by atoms with Crippen molar-refractivity contribution in [3.63, 3.8) is 0 Å². The molecular weight excluding hydrogens is 344 g/mol. The number of ketones is 2. The highest BCUT2D eigenvalue weighted by molar-refractivity contribution is 6.32. The van der Waals surface area contributed by atoms with Gasteiger partial charge in [-0.1, -0.05) is 24.3 Å². The Morgan fingerprint density at radius 2 is 0.885 bits per heavy atom. The first-order chi connectivity index (χ1) is 12.2. The number of benzene rings is 2. The second kappa shape index (κ2) is 9.58. The van der Waals surface area contributed by atoms with Gasteiger partial charge in [-0.15, -0.1) is 0 Å². The van der Waals surface area contributed by atoms with Gasteiger partial charge in [0, 0.05) is 12.8 Å². The molecule has 0 saturated heterocycles. The molecule has 0 radical (unpaired) electrons. The molecule has 0 aliphatic heterocycles. The average molecular weight is 358 g/mol. The zero-order chi connectivity index (χ0) is 19.7. The molecule has 2 aromatic rings. The van der Waals surface area contributed by atoms with Gasteiger partial charge in [-0.3, -0.25) is 9.59 Å². The number of hydrogen-bond donors (Lipinski definition) is 2. The lowest BCUT2D eigenvalue weighted by molar-refractivity contribution is -0.300. The fourth-order valence-electron chi connectivity index (χ4n) is 1.74. The Hall–Kier alpha value is -3.68. The molecule has 0 aliphatic rings. The number of aliphatic carboxylic acids is 2. The number of Topliss-reactive ketones (excluding diaryl/α,β-unsaturated/α-hetero) is 2. The SMILES string of the molecule is O=C([O-])C(=O)Cc1ccc(O)cc1.O=C([O-])C(=O)Cc1ccc(O)cc1. The van der Waals surface area contributed by atoms with Gasteiger partial charge in [0.25, 0.3) is 0 Å². The average Bonchev–Trinajstić information content (AvgIpc) is 2.59. The van der Waals surface area contributed by atoms with E-state index in [1.807, 2.05) is 0 Å². The molecule has 136 valence electrons. The minimum Gasteiger partial charge on any atom is -0.542 e. The summed E-state index contributed by atoms with van der Waals surface area (Å²) in [7, 11) is 0. The topological polar surface area (TPSA) is 155 Å². The molecule has 2 N–H and O–H groups in total. The first kappa shape index (κ1) is 20.4. The summed E-state index contributed by atoms with van der Waals surface area (Å²) in [5, 5.41) is 37.9. The fourth-order valence-corrected chi connectivity index (χ4v) is 1.74. The fraction of sp³-hybridized carbons (Fsp3) is 0.111. The standard InChI is InChI=1S/2C9H8O4/c2*10-7-3-1-6(2-4-7)5-8(11)9(12)13/h2*1-4,10H,5H2,(H,12,13)/p-2. The number of carbonyl (C=O) groups excluding carboxylic acids is 4. The van der Waals surface area contributed by atoms with Crippen LogP contribution in [0.1, 0.15) is 11.1 Å². The highest BCUT2D eigenvalue weighted by Crippen LogP contribution is 2.10. The minimum absolute atomic E-state index is 0.0737.